The second kappa shape index (κ2) is 6.52. The zero-order chi connectivity index (χ0) is 12.8. The van der Waals surface area contributed by atoms with Gasteiger partial charge in [-0.15, -0.1) is 11.3 Å². The molecule has 2 aromatic rings. The lowest BCUT2D eigenvalue weighted by Crippen LogP contribution is -2.28. The van der Waals surface area contributed by atoms with E-state index in [0.717, 1.165) is 24.5 Å². The van der Waals surface area contributed by atoms with Crippen molar-refractivity contribution in [1.82, 2.24) is 10.3 Å². The van der Waals surface area contributed by atoms with Crippen LogP contribution in [0.25, 0.3) is 0 Å². The summed E-state index contributed by atoms with van der Waals surface area (Å²) in [5.74, 6) is 0.825. The lowest BCUT2D eigenvalue weighted by atomic mass is 10.3. The van der Waals surface area contributed by atoms with Gasteiger partial charge in [0.2, 0.25) is 0 Å². The van der Waals surface area contributed by atoms with E-state index >= 15 is 0 Å². The Labute approximate surface area is 112 Å². The van der Waals surface area contributed by atoms with Gasteiger partial charge < -0.3 is 10.1 Å². The molecular formula is C14H18N2OS. The van der Waals surface area contributed by atoms with E-state index in [1.165, 1.54) is 4.88 Å². The lowest BCUT2D eigenvalue weighted by molar-refractivity contribution is 0.216. The Morgan fingerprint density at radius 2 is 2.28 bits per heavy atom. The highest BCUT2D eigenvalue weighted by atomic mass is 32.1. The molecule has 0 saturated carbocycles. The van der Waals surface area contributed by atoms with Crippen molar-refractivity contribution in [3.8, 4) is 5.75 Å². The molecule has 0 aliphatic rings. The molecule has 0 bridgehead atoms. The molecule has 1 unspecified atom stereocenters. The highest BCUT2D eigenvalue weighted by molar-refractivity contribution is 7.09. The largest absolute Gasteiger partial charge is 0.488 e. The Balaban J connectivity index is 1.71. The monoisotopic (exact) mass is 262 g/mol. The third-order valence-electron chi connectivity index (χ3n) is 2.53. The van der Waals surface area contributed by atoms with Crippen molar-refractivity contribution in [3.63, 3.8) is 0 Å². The van der Waals surface area contributed by atoms with Crippen LogP contribution in [0.1, 0.15) is 17.5 Å². The van der Waals surface area contributed by atoms with Gasteiger partial charge >= 0.3 is 0 Å². The molecule has 2 aromatic heterocycles. The summed E-state index contributed by atoms with van der Waals surface area (Å²) >= 11 is 1.77. The maximum Gasteiger partial charge on any atom is 0.138 e. The van der Waals surface area contributed by atoms with Gasteiger partial charge in [-0.25, -0.2) is 0 Å². The first-order valence-corrected chi connectivity index (χ1v) is 6.94. The number of nitrogens with zero attached hydrogens (tertiary/aromatic N) is 1. The minimum Gasteiger partial charge on any atom is -0.488 e. The van der Waals surface area contributed by atoms with Gasteiger partial charge in [0.1, 0.15) is 11.9 Å². The molecule has 3 nitrogen and oxygen atoms in total. The maximum atomic E-state index is 5.77. The molecule has 0 saturated heterocycles. The number of aryl methyl sites for hydroxylation is 1. The second-order valence-electron chi connectivity index (χ2n) is 4.27. The fourth-order valence-corrected chi connectivity index (χ4v) is 2.28. The first kappa shape index (κ1) is 13.1. The smallest absolute Gasteiger partial charge is 0.138 e. The lowest BCUT2D eigenvalue weighted by Gasteiger charge is -2.15. The average Bonchev–Trinajstić information content (AvgIpc) is 2.85. The Morgan fingerprint density at radius 3 is 2.94 bits per heavy atom. The third-order valence-corrected chi connectivity index (χ3v) is 3.41. The number of hydrogen-bond acceptors (Lipinski definition) is 4. The van der Waals surface area contributed by atoms with Crippen molar-refractivity contribution >= 4 is 11.3 Å². The van der Waals surface area contributed by atoms with Crippen molar-refractivity contribution in [2.45, 2.75) is 26.5 Å². The van der Waals surface area contributed by atoms with E-state index in [0.29, 0.717) is 0 Å². The quantitative estimate of drug-likeness (QED) is 0.869. The number of nitrogens with one attached hydrogen (secondary N) is 1. The number of aromatic nitrogens is 1. The highest BCUT2D eigenvalue weighted by Gasteiger charge is 2.04. The van der Waals surface area contributed by atoms with Crippen molar-refractivity contribution in [3.05, 3.63) is 46.4 Å². The summed E-state index contributed by atoms with van der Waals surface area (Å²) in [6.45, 7) is 5.75. The Morgan fingerprint density at radius 1 is 1.39 bits per heavy atom. The predicted octanol–water partition coefficient (Wildman–Crippen LogP) is 3.01. The molecular weight excluding hydrogens is 244 g/mol. The van der Waals surface area contributed by atoms with Gasteiger partial charge in [-0.1, -0.05) is 6.07 Å². The zero-order valence-corrected chi connectivity index (χ0v) is 11.5. The first-order chi connectivity index (χ1) is 8.74. The summed E-state index contributed by atoms with van der Waals surface area (Å²) in [6, 6.07) is 8.12. The minimum absolute atomic E-state index is 0.134. The summed E-state index contributed by atoms with van der Waals surface area (Å²) in [7, 11) is 0. The van der Waals surface area contributed by atoms with Crippen LogP contribution >= 0.6 is 11.3 Å². The van der Waals surface area contributed by atoms with Crippen LogP contribution in [0.15, 0.2) is 35.8 Å². The number of rotatable bonds is 6. The van der Waals surface area contributed by atoms with E-state index in [1.54, 1.807) is 17.5 Å². The molecule has 18 heavy (non-hydrogen) atoms. The first-order valence-electron chi connectivity index (χ1n) is 6.06. The van der Waals surface area contributed by atoms with Crippen LogP contribution in [-0.4, -0.2) is 17.6 Å². The molecule has 2 heterocycles. The Kier molecular flexibility index (Phi) is 4.73. The van der Waals surface area contributed by atoms with Gasteiger partial charge in [0.25, 0.3) is 0 Å². The van der Waals surface area contributed by atoms with E-state index in [4.69, 9.17) is 4.74 Å². The Bertz CT molecular complexity index is 453. The van der Waals surface area contributed by atoms with E-state index < -0.39 is 0 Å². The molecule has 96 valence electrons. The summed E-state index contributed by atoms with van der Waals surface area (Å²) in [5, 5.41) is 5.48. The van der Waals surface area contributed by atoms with Crippen molar-refractivity contribution in [2.75, 3.05) is 6.54 Å². The predicted molar refractivity (Wildman–Crippen MR) is 75.1 cm³/mol. The molecule has 1 N–H and O–H groups in total. The van der Waals surface area contributed by atoms with E-state index in [1.807, 2.05) is 19.1 Å². The third kappa shape index (κ3) is 4.13. The molecule has 2 rings (SSSR count). The van der Waals surface area contributed by atoms with Crippen molar-refractivity contribution in [2.24, 2.45) is 0 Å². The molecule has 0 aliphatic heterocycles. The topological polar surface area (TPSA) is 34.1 Å². The highest BCUT2D eigenvalue weighted by Crippen LogP contribution is 2.11. The molecule has 0 radical (unpaired) electrons. The molecule has 1 atom stereocenters. The van der Waals surface area contributed by atoms with Crippen LogP contribution in [-0.2, 0) is 6.54 Å². The summed E-state index contributed by atoms with van der Waals surface area (Å²) in [5.41, 5.74) is 1.01. The van der Waals surface area contributed by atoms with Gasteiger partial charge in [0.15, 0.2) is 0 Å². The fourth-order valence-electron chi connectivity index (χ4n) is 1.61. The normalized spacial score (nSPS) is 12.3. The van der Waals surface area contributed by atoms with Gasteiger partial charge in [0.05, 0.1) is 6.20 Å². The fraction of sp³-hybridized carbons (Fsp3) is 0.357. The number of hydrogen-bond donors (Lipinski definition) is 1. The molecule has 4 heteroatoms. The second-order valence-corrected chi connectivity index (χ2v) is 5.31. The van der Waals surface area contributed by atoms with Gasteiger partial charge in [-0.2, -0.15) is 0 Å². The van der Waals surface area contributed by atoms with Crippen LogP contribution in [0.2, 0.25) is 0 Å². The van der Waals surface area contributed by atoms with Gasteiger partial charge in [-0.3, -0.25) is 4.98 Å². The molecule has 0 spiro atoms. The Hall–Kier alpha value is -1.39. The van der Waals surface area contributed by atoms with Crippen LogP contribution in [0.3, 0.4) is 0 Å². The summed E-state index contributed by atoms with van der Waals surface area (Å²) in [6.07, 6.45) is 1.90. The van der Waals surface area contributed by atoms with E-state index in [-0.39, 0.29) is 6.10 Å². The summed E-state index contributed by atoms with van der Waals surface area (Å²) < 4.78 is 5.77. The van der Waals surface area contributed by atoms with Crippen LogP contribution in [0.5, 0.6) is 5.75 Å². The van der Waals surface area contributed by atoms with Crippen LogP contribution < -0.4 is 10.1 Å². The van der Waals surface area contributed by atoms with E-state index in [9.17, 15) is 0 Å². The van der Waals surface area contributed by atoms with Crippen LogP contribution in [0, 0.1) is 6.92 Å². The number of pyridine rings is 1. The van der Waals surface area contributed by atoms with Crippen LogP contribution in [0.4, 0.5) is 0 Å². The molecule has 0 amide bonds. The molecule has 0 aliphatic carbocycles. The molecule has 0 aromatic carbocycles. The van der Waals surface area contributed by atoms with Crippen molar-refractivity contribution in [1.29, 1.82) is 0 Å². The van der Waals surface area contributed by atoms with Gasteiger partial charge in [-0.05, 0) is 37.4 Å². The van der Waals surface area contributed by atoms with E-state index in [2.05, 4.69) is 34.7 Å². The minimum atomic E-state index is 0.134. The standard InChI is InChI=1S/C14H18N2OS/c1-11-5-6-13(9-16-11)17-12(2)8-15-10-14-4-3-7-18-14/h3-7,9,12,15H,8,10H2,1-2H3. The average molecular weight is 262 g/mol. The van der Waals surface area contributed by atoms with Crippen molar-refractivity contribution < 1.29 is 4.74 Å². The summed E-state index contributed by atoms with van der Waals surface area (Å²) in [4.78, 5) is 5.56. The van der Waals surface area contributed by atoms with Gasteiger partial charge in [0, 0.05) is 23.7 Å². The number of ether oxygens (including phenoxy) is 1. The maximum absolute atomic E-state index is 5.77. The SMILES string of the molecule is Cc1ccc(OC(C)CNCc2cccs2)cn1. The zero-order valence-electron chi connectivity index (χ0n) is 10.7. The number of thiophene rings is 1. The molecule has 0 fully saturated rings.